The van der Waals surface area contributed by atoms with Crippen molar-refractivity contribution in [1.82, 2.24) is 15.5 Å². The summed E-state index contributed by atoms with van der Waals surface area (Å²) in [5, 5.41) is 6.00. The second kappa shape index (κ2) is 6.92. The minimum absolute atomic E-state index is 0.0484. The molecular weight excluding hydrogens is 394 g/mol. The zero-order valence-corrected chi connectivity index (χ0v) is 18.1. The highest BCUT2D eigenvalue weighted by Gasteiger charge is 2.74. The quantitative estimate of drug-likeness (QED) is 0.703. The first-order valence-electron chi connectivity index (χ1n) is 11.0. The molecule has 1 aromatic rings. The second-order valence-electron chi connectivity index (χ2n) is 10.1. The summed E-state index contributed by atoms with van der Waals surface area (Å²) in [5.74, 6) is -1.86. The van der Waals surface area contributed by atoms with Crippen LogP contribution in [-0.4, -0.2) is 51.9 Å². The van der Waals surface area contributed by atoms with Crippen molar-refractivity contribution in [3.8, 4) is 0 Å². The fourth-order valence-corrected chi connectivity index (χ4v) is 5.29. The molecule has 1 aliphatic carbocycles. The molecule has 5 unspecified atom stereocenters. The van der Waals surface area contributed by atoms with E-state index in [2.05, 4.69) is 10.6 Å². The lowest BCUT2D eigenvalue weighted by Gasteiger charge is -2.34. The lowest BCUT2D eigenvalue weighted by atomic mass is 9.74. The van der Waals surface area contributed by atoms with Crippen LogP contribution in [0.5, 0.6) is 0 Å². The fraction of sp³-hybridized carbons (Fsp3) is 0.542. The largest absolute Gasteiger partial charge is 0.359 e. The normalized spacial score (nSPS) is 33.5. The molecule has 5 atom stereocenters. The number of fused-ring (bicyclic) bond motifs is 1. The van der Waals surface area contributed by atoms with Crippen LogP contribution in [0.3, 0.4) is 0 Å². The molecule has 2 N–H and O–H groups in total. The van der Waals surface area contributed by atoms with Crippen LogP contribution >= 0.6 is 0 Å². The van der Waals surface area contributed by atoms with E-state index < -0.39 is 35.1 Å². The molecule has 3 fully saturated rings. The monoisotopic (exact) mass is 423 g/mol. The summed E-state index contributed by atoms with van der Waals surface area (Å²) in [5.41, 5.74) is -0.518. The molecule has 3 heterocycles. The number of carbonyl (C=O) groups is 3. The molecule has 1 spiro atoms. The Morgan fingerprint density at radius 1 is 1.16 bits per heavy atom. The summed E-state index contributed by atoms with van der Waals surface area (Å²) < 4.78 is 6.30. The van der Waals surface area contributed by atoms with Gasteiger partial charge in [0.05, 0.1) is 17.9 Å². The molecule has 0 radical (unpaired) electrons. The molecule has 2 saturated heterocycles. The Morgan fingerprint density at radius 3 is 2.52 bits per heavy atom. The number of rotatable bonds is 5. The predicted molar refractivity (Wildman–Crippen MR) is 114 cm³/mol. The summed E-state index contributed by atoms with van der Waals surface area (Å²) >= 11 is 0. The maximum atomic E-state index is 13.6. The summed E-state index contributed by atoms with van der Waals surface area (Å²) in [6.07, 6.45) is 4.98. The van der Waals surface area contributed by atoms with Gasteiger partial charge < -0.3 is 20.3 Å². The molecule has 2 bridgehead atoms. The van der Waals surface area contributed by atoms with Crippen molar-refractivity contribution < 1.29 is 19.1 Å². The third-order valence-corrected chi connectivity index (χ3v) is 6.61. The Bertz CT molecular complexity index is 949. The smallest absolute Gasteiger partial charge is 0.246 e. The zero-order chi connectivity index (χ0) is 22.0. The zero-order valence-electron chi connectivity index (χ0n) is 18.1. The van der Waals surface area contributed by atoms with Gasteiger partial charge in [0, 0.05) is 18.1 Å². The molecule has 0 aromatic heterocycles. The topological polar surface area (TPSA) is 87.7 Å². The maximum Gasteiger partial charge on any atom is 0.246 e. The van der Waals surface area contributed by atoms with Gasteiger partial charge in [-0.1, -0.05) is 42.5 Å². The highest BCUT2D eigenvalue weighted by atomic mass is 16.5. The van der Waals surface area contributed by atoms with E-state index in [1.54, 1.807) is 4.90 Å². The number of hydrogen-bond donors (Lipinski definition) is 2. The van der Waals surface area contributed by atoms with Crippen LogP contribution in [0.4, 0.5) is 0 Å². The van der Waals surface area contributed by atoms with E-state index in [9.17, 15) is 14.4 Å². The van der Waals surface area contributed by atoms with Gasteiger partial charge >= 0.3 is 0 Å². The number of nitrogens with zero attached hydrogens (tertiary/aromatic N) is 1. The van der Waals surface area contributed by atoms with Crippen molar-refractivity contribution in [1.29, 1.82) is 0 Å². The summed E-state index contributed by atoms with van der Waals surface area (Å²) in [7, 11) is 0. The van der Waals surface area contributed by atoms with Crippen LogP contribution in [0.15, 0.2) is 42.5 Å². The molecule has 1 saturated carbocycles. The SMILES string of the molecule is CC(C)(C)NC(=O)C1N(C2CC2)C(=O)C2C(C(=O)NCc3ccccc3)C3C=CC21O3. The molecule has 1 aromatic carbocycles. The summed E-state index contributed by atoms with van der Waals surface area (Å²) in [6.45, 7) is 6.14. The van der Waals surface area contributed by atoms with Crippen molar-refractivity contribution in [3.63, 3.8) is 0 Å². The minimum Gasteiger partial charge on any atom is -0.359 e. The Balaban J connectivity index is 1.43. The fourth-order valence-electron chi connectivity index (χ4n) is 5.29. The first kappa shape index (κ1) is 20.2. The van der Waals surface area contributed by atoms with Gasteiger partial charge in [-0.25, -0.2) is 0 Å². The van der Waals surface area contributed by atoms with Crippen LogP contribution < -0.4 is 10.6 Å². The molecule has 7 heteroatoms. The van der Waals surface area contributed by atoms with Crippen molar-refractivity contribution in [2.75, 3.05) is 0 Å². The molecule has 7 nitrogen and oxygen atoms in total. The number of likely N-dealkylation sites (tertiary alicyclic amines) is 1. The second-order valence-corrected chi connectivity index (χ2v) is 10.1. The van der Waals surface area contributed by atoms with E-state index in [0.717, 1.165) is 18.4 Å². The molecule has 3 aliphatic heterocycles. The summed E-state index contributed by atoms with van der Waals surface area (Å²) in [6, 6.07) is 8.97. The lowest BCUT2D eigenvalue weighted by molar-refractivity contribution is -0.143. The van der Waals surface area contributed by atoms with E-state index >= 15 is 0 Å². The van der Waals surface area contributed by atoms with Crippen molar-refractivity contribution in [2.24, 2.45) is 11.8 Å². The number of ether oxygens (including phenoxy) is 1. The van der Waals surface area contributed by atoms with Gasteiger partial charge in [0.2, 0.25) is 17.7 Å². The average Bonchev–Trinajstić information content (AvgIpc) is 3.31. The van der Waals surface area contributed by atoms with Gasteiger partial charge in [0.1, 0.15) is 11.6 Å². The van der Waals surface area contributed by atoms with Crippen LogP contribution in [0.1, 0.15) is 39.2 Å². The molecule has 3 amide bonds. The highest BCUT2D eigenvalue weighted by Crippen LogP contribution is 2.57. The Kier molecular flexibility index (Phi) is 4.52. The van der Waals surface area contributed by atoms with Crippen LogP contribution in [0, 0.1) is 11.8 Å². The van der Waals surface area contributed by atoms with Gasteiger partial charge in [-0.2, -0.15) is 0 Å². The van der Waals surface area contributed by atoms with Gasteiger partial charge in [0.15, 0.2) is 0 Å². The third-order valence-electron chi connectivity index (χ3n) is 6.61. The van der Waals surface area contributed by atoms with Gasteiger partial charge in [0.25, 0.3) is 0 Å². The van der Waals surface area contributed by atoms with Crippen LogP contribution in [0.25, 0.3) is 0 Å². The lowest BCUT2D eigenvalue weighted by Crippen LogP contribution is -2.58. The van der Waals surface area contributed by atoms with E-state index in [-0.39, 0.29) is 23.8 Å². The van der Waals surface area contributed by atoms with Crippen LogP contribution in [-0.2, 0) is 25.7 Å². The molecule has 4 aliphatic rings. The molecule has 5 rings (SSSR count). The molecular formula is C24H29N3O4. The molecule has 164 valence electrons. The standard InChI is InChI=1S/C24H29N3O4/c1-23(2,3)26-21(29)19-24-12-11-16(31-24)17(18(24)22(30)27(19)15-9-10-15)20(28)25-13-14-7-5-4-6-8-14/h4-8,11-12,15-19H,9-10,13H2,1-3H3,(H,25,28)(H,26,29). The van der Waals surface area contributed by atoms with Crippen molar-refractivity contribution in [3.05, 3.63) is 48.0 Å². The van der Waals surface area contributed by atoms with Gasteiger partial charge in [-0.05, 0) is 39.2 Å². The van der Waals surface area contributed by atoms with Gasteiger partial charge in [-0.15, -0.1) is 0 Å². The predicted octanol–water partition coefficient (Wildman–Crippen LogP) is 1.53. The average molecular weight is 424 g/mol. The number of nitrogens with one attached hydrogen (secondary N) is 2. The van der Waals surface area contributed by atoms with Crippen LogP contribution in [0.2, 0.25) is 0 Å². The number of amides is 3. The highest BCUT2D eigenvalue weighted by molar-refractivity contribution is 6.00. The minimum atomic E-state index is -1.07. The van der Waals surface area contributed by atoms with E-state index in [4.69, 9.17) is 4.74 Å². The maximum absolute atomic E-state index is 13.6. The number of benzene rings is 1. The first-order chi connectivity index (χ1) is 14.7. The Labute approximate surface area is 182 Å². The number of hydrogen-bond acceptors (Lipinski definition) is 4. The third kappa shape index (κ3) is 3.26. The van der Waals surface area contributed by atoms with E-state index in [1.165, 1.54) is 0 Å². The van der Waals surface area contributed by atoms with Crippen molar-refractivity contribution in [2.45, 2.75) is 69.5 Å². The summed E-state index contributed by atoms with van der Waals surface area (Å²) in [4.78, 5) is 41.8. The van der Waals surface area contributed by atoms with E-state index in [1.807, 2.05) is 63.3 Å². The Morgan fingerprint density at radius 2 is 1.87 bits per heavy atom. The Hall–Kier alpha value is -2.67. The molecule has 31 heavy (non-hydrogen) atoms. The van der Waals surface area contributed by atoms with Gasteiger partial charge in [-0.3, -0.25) is 14.4 Å². The number of carbonyl (C=O) groups excluding carboxylic acids is 3. The van der Waals surface area contributed by atoms with Crippen molar-refractivity contribution >= 4 is 17.7 Å². The van der Waals surface area contributed by atoms with E-state index in [0.29, 0.717) is 6.54 Å². The first-order valence-corrected chi connectivity index (χ1v) is 11.0.